The van der Waals surface area contributed by atoms with Gasteiger partial charge in [-0.05, 0) is 25.0 Å². The molecule has 1 aromatic carbocycles. The molecule has 1 atom stereocenters. The van der Waals surface area contributed by atoms with Gasteiger partial charge >= 0.3 is 5.97 Å². The Bertz CT molecular complexity index is 597. The van der Waals surface area contributed by atoms with Crippen LogP contribution < -0.4 is 4.90 Å². The van der Waals surface area contributed by atoms with Gasteiger partial charge in [0.25, 0.3) is 0 Å². The summed E-state index contributed by atoms with van der Waals surface area (Å²) in [6, 6.07) is 6.74. The molecule has 0 saturated carbocycles. The molecule has 0 bridgehead atoms. The molecule has 1 saturated heterocycles. The molecule has 1 aliphatic heterocycles. The summed E-state index contributed by atoms with van der Waals surface area (Å²) in [6.07, 6.45) is 1.71. The lowest BCUT2D eigenvalue weighted by Crippen LogP contribution is -2.32. The maximum atomic E-state index is 12.2. The predicted octanol–water partition coefficient (Wildman–Crippen LogP) is 1.92. The van der Waals surface area contributed by atoms with Gasteiger partial charge in [-0.1, -0.05) is 19.1 Å². The van der Waals surface area contributed by atoms with Gasteiger partial charge in [-0.25, -0.2) is 8.42 Å². The summed E-state index contributed by atoms with van der Waals surface area (Å²) in [5, 5.41) is 8.97. The van der Waals surface area contributed by atoms with Crippen molar-refractivity contribution in [2.75, 3.05) is 17.2 Å². The highest BCUT2D eigenvalue weighted by Crippen LogP contribution is 2.32. The number of aliphatic carboxylic acids is 1. The van der Waals surface area contributed by atoms with Crippen LogP contribution in [0.15, 0.2) is 29.2 Å². The summed E-state index contributed by atoms with van der Waals surface area (Å²) in [6.45, 7) is 2.32. The van der Waals surface area contributed by atoms with E-state index in [4.69, 9.17) is 5.11 Å². The highest BCUT2D eigenvalue weighted by molar-refractivity contribution is 7.91. The number of nitrogens with zero attached hydrogens (tertiary/aromatic N) is 1. The van der Waals surface area contributed by atoms with Gasteiger partial charge in [0.15, 0.2) is 9.84 Å². The van der Waals surface area contributed by atoms with Gasteiger partial charge in [0.05, 0.1) is 22.8 Å². The second-order valence-corrected chi connectivity index (χ2v) is 7.21. The first kappa shape index (κ1) is 14.8. The largest absolute Gasteiger partial charge is 0.481 e. The van der Waals surface area contributed by atoms with Gasteiger partial charge in [0.1, 0.15) is 0 Å². The molecule has 0 radical (unpaired) electrons. The first-order chi connectivity index (χ1) is 9.45. The lowest BCUT2D eigenvalue weighted by atomic mass is 10.1. The Labute approximate surface area is 119 Å². The zero-order valence-corrected chi connectivity index (χ0v) is 12.3. The molecule has 20 heavy (non-hydrogen) atoms. The number of benzene rings is 1. The summed E-state index contributed by atoms with van der Waals surface area (Å²) in [5.74, 6) is -0.806. The molecule has 0 aliphatic carbocycles. The molecule has 1 aromatic rings. The third-order valence-corrected chi connectivity index (χ3v) is 5.45. The second-order valence-electron chi connectivity index (χ2n) is 4.96. The zero-order valence-electron chi connectivity index (χ0n) is 11.4. The van der Waals surface area contributed by atoms with E-state index in [0.717, 1.165) is 12.8 Å². The molecule has 1 N–H and O–H groups in total. The van der Waals surface area contributed by atoms with E-state index in [0.29, 0.717) is 17.1 Å². The Morgan fingerprint density at radius 2 is 2.10 bits per heavy atom. The van der Waals surface area contributed by atoms with E-state index in [9.17, 15) is 13.2 Å². The third kappa shape index (κ3) is 2.95. The molecule has 1 heterocycles. The number of rotatable bonds is 5. The average molecular weight is 297 g/mol. The van der Waals surface area contributed by atoms with Crippen molar-refractivity contribution < 1.29 is 18.3 Å². The van der Waals surface area contributed by atoms with Crippen LogP contribution >= 0.6 is 0 Å². The Morgan fingerprint density at radius 3 is 2.75 bits per heavy atom. The van der Waals surface area contributed by atoms with Gasteiger partial charge in [0.2, 0.25) is 0 Å². The minimum Gasteiger partial charge on any atom is -0.481 e. The van der Waals surface area contributed by atoms with Crippen LogP contribution in [0.5, 0.6) is 0 Å². The summed E-state index contributed by atoms with van der Waals surface area (Å²) in [4.78, 5) is 13.2. The van der Waals surface area contributed by atoms with Crippen molar-refractivity contribution >= 4 is 21.5 Å². The molecule has 1 fully saturated rings. The fourth-order valence-electron chi connectivity index (χ4n) is 2.68. The van der Waals surface area contributed by atoms with E-state index in [1.807, 2.05) is 4.90 Å². The molecule has 6 heteroatoms. The van der Waals surface area contributed by atoms with Crippen molar-refractivity contribution in [2.24, 2.45) is 0 Å². The van der Waals surface area contributed by atoms with Crippen LogP contribution in [0.25, 0.3) is 0 Å². The highest BCUT2D eigenvalue weighted by Gasteiger charge is 2.30. The molecule has 2 rings (SSSR count). The number of hydrogen-bond donors (Lipinski definition) is 1. The van der Waals surface area contributed by atoms with Crippen molar-refractivity contribution in [2.45, 2.75) is 37.1 Å². The zero-order chi connectivity index (χ0) is 14.8. The smallest absolute Gasteiger partial charge is 0.305 e. The van der Waals surface area contributed by atoms with Gasteiger partial charge in [-0.15, -0.1) is 0 Å². The Balaban J connectivity index is 2.40. The van der Waals surface area contributed by atoms with Crippen LogP contribution in [0, 0.1) is 0 Å². The lowest BCUT2D eigenvalue weighted by molar-refractivity contribution is -0.137. The van der Waals surface area contributed by atoms with E-state index in [1.165, 1.54) is 0 Å². The van der Waals surface area contributed by atoms with Gasteiger partial charge in [-0.2, -0.15) is 0 Å². The van der Waals surface area contributed by atoms with E-state index in [-0.39, 0.29) is 18.2 Å². The predicted molar refractivity (Wildman–Crippen MR) is 76.8 cm³/mol. The average Bonchev–Trinajstić information content (AvgIpc) is 2.86. The number of carboxylic acids is 1. The molecule has 0 spiro atoms. The number of para-hydroxylation sites is 1. The molecule has 0 amide bonds. The Kier molecular flexibility index (Phi) is 4.32. The minimum absolute atomic E-state index is 0.0422. The van der Waals surface area contributed by atoms with Gasteiger partial charge < -0.3 is 10.0 Å². The maximum absolute atomic E-state index is 12.2. The Hall–Kier alpha value is -1.56. The molecule has 110 valence electrons. The van der Waals surface area contributed by atoms with Crippen molar-refractivity contribution in [1.82, 2.24) is 0 Å². The number of hydrogen-bond acceptors (Lipinski definition) is 4. The Morgan fingerprint density at radius 1 is 1.40 bits per heavy atom. The van der Waals surface area contributed by atoms with Crippen molar-refractivity contribution in [1.29, 1.82) is 0 Å². The van der Waals surface area contributed by atoms with E-state index in [2.05, 4.69) is 0 Å². The van der Waals surface area contributed by atoms with Gasteiger partial charge in [0, 0.05) is 12.6 Å². The molecular formula is C14H19NO4S. The monoisotopic (exact) mass is 297 g/mol. The number of anilines is 1. The van der Waals surface area contributed by atoms with Crippen LogP contribution in [0.1, 0.15) is 26.2 Å². The summed E-state index contributed by atoms with van der Waals surface area (Å²) in [7, 11) is -3.31. The topological polar surface area (TPSA) is 74.7 Å². The second kappa shape index (κ2) is 5.83. The van der Waals surface area contributed by atoms with Crippen molar-refractivity contribution in [3.05, 3.63) is 24.3 Å². The fraction of sp³-hybridized carbons (Fsp3) is 0.500. The molecule has 5 nitrogen and oxygen atoms in total. The van der Waals surface area contributed by atoms with Crippen LogP contribution in [-0.2, 0) is 14.6 Å². The van der Waals surface area contributed by atoms with Crippen molar-refractivity contribution in [3.63, 3.8) is 0 Å². The highest BCUT2D eigenvalue weighted by atomic mass is 32.2. The number of sulfone groups is 1. The van der Waals surface area contributed by atoms with Gasteiger partial charge in [-0.3, -0.25) is 4.79 Å². The lowest BCUT2D eigenvalue weighted by Gasteiger charge is -2.27. The fourth-order valence-corrected chi connectivity index (χ4v) is 3.78. The number of carbonyl (C=O) groups is 1. The molecule has 1 unspecified atom stereocenters. The van der Waals surface area contributed by atoms with E-state index in [1.54, 1.807) is 31.2 Å². The SMILES string of the molecule is CCS(=O)(=O)c1ccccc1N1CCCC1CC(=O)O. The minimum atomic E-state index is -3.31. The first-order valence-electron chi connectivity index (χ1n) is 6.76. The number of carboxylic acid groups (broad SMARTS) is 1. The quantitative estimate of drug-likeness (QED) is 0.898. The van der Waals surface area contributed by atoms with Crippen LogP contribution in [-0.4, -0.2) is 37.8 Å². The third-order valence-electron chi connectivity index (χ3n) is 3.68. The van der Waals surface area contributed by atoms with Crippen molar-refractivity contribution in [3.8, 4) is 0 Å². The first-order valence-corrected chi connectivity index (χ1v) is 8.41. The van der Waals surface area contributed by atoms with Crippen LogP contribution in [0.2, 0.25) is 0 Å². The summed E-state index contributed by atoms with van der Waals surface area (Å²) < 4.78 is 24.3. The molecular weight excluding hydrogens is 278 g/mol. The van der Waals surface area contributed by atoms with E-state index < -0.39 is 15.8 Å². The van der Waals surface area contributed by atoms with Crippen LogP contribution in [0.4, 0.5) is 5.69 Å². The summed E-state index contributed by atoms with van der Waals surface area (Å²) >= 11 is 0. The summed E-state index contributed by atoms with van der Waals surface area (Å²) in [5.41, 5.74) is 0.637. The van der Waals surface area contributed by atoms with Crippen LogP contribution in [0.3, 0.4) is 0 Å². The maximum Gasteiger partial charge on any atom is 0.305 e. The standard InChI is InChI=1S/C14H19NO4S/c1-2-20(18,19)13-8-4-3-7-12(13)15-9-5-6-11(15)10-14(16)17/h3-4,7-8,11H,2,5-6,9-10H2,1H3,(H,16,17). The molecule has 1 aliphatic rings. The van der Waals surface area contributed by atoms with E-state index >= 15 is 0 Å². The normalized spacial score (nSPS) is 19.2. The molecule has 0 aromatic heterocycles.